The van der Waals surface area contributed by atoms with Gasteiger partial charge in [-0.3, -0.25) is 19.6 Å². The van der Waals surface area contributed by atoms with Crippen molar-refractivity contribution in [1.82, 2.24) is 25.4 Å². The molecule has 1 saturated heterocycles. The van der Waals surface area contributed by atoms with E-state index in [1.807, 2.05) is 60.2 Å². The van der Waals surface area contributed by atoms with Gasteiger partial charge in [0.2, 0.25) is 11.8 Å². The Bertz CT molecular complexity index is 888. The molecule has 0 spiro atoms. The lowest BCUT2D eigenvalue weighted by molar-refractivity contribution is -0.146. The monoisotopic (exact) mass is 483 g/mol. The number of hydrazine groups is 2. The first-order chi connectivity index (χ1) is 16.7. The Morgan fingerprint density at radius 1 is 1.17 bits per heavy atom. The van der Waals surface area contributed by atoms with Crippen molar-refractivity contribution in [2.45, 2.75) is 72.4 Å². The molecule has 2 aliphatic heterocycles. The maximum atomic E-state index is 13.8. The van der Waals surface area contributed by atoms with Gasteiger partial charge < -0.3 is 9.80 Å². The van der Waals surface area contributed by atoms with Crippen LogP contribution in [0, 0.1) is 17.8 Å². The predicted molar refractivity (Wildman–Crippen MR) is 141 cm³/mol. The first-order valence-electron chi connectivity index (χ1n) is 13.2. The largest absolute Gasteiger partial charge is 0.338 e. The lowest BCUT2D eigenvalue weighted by Gasteiger charge is -2.39. The highest BCUT2D eigenvalue weighted by molar-refractivity contribution is 5.88. The van der Waals surface area contributed by atoms with Crippen LogP contribution < -0.4 is 5.53 Å². The molecule has 7 heteroatoms. The number of hydrogen-bond acceptors (Lipinski definition) is 5. The molecule has 1 saturated carbocycles. The first kappa shape index (κ1) is 27.1. The van der Waals surface area contributed by atoms with Gasteiger partial charge in [-0.1, -0.05) is 44.2 Å². The van der Waals surface area contributed by atoms with Gasteiger partial charge in [-0.2, -0.15) is 0 Å². The third-order valence-corrected chi connectivity index (χ3v) is 7.68. The number of piperidine rings is 1. The Hall–Kier alpha value is -2.54. The van der Waals surface area contributed by atoms with E-state index < -0.39 is 0 Å². The van der Waals surface area contributed by atoms with Crippen molar-refractivity contribution in [1.29, 1.82) is 0 Å². The maximum Gasteiger partial charge on any atom is 0.247 e. The minimum absolute atomic E-state index is 0.0136. The highest BCUT2D eigenvalue weighted by Gasteiger charge is 2.43. The molecular weight excluding hydrogens is 438 g/mol. The Labute approximate surface area is 212 Å². The Morgan fingerprint density at radius 2 is 1.89 bits per heavy atom. The summed E-state index contributed by atoms with van der Waals surface area (Å²) in [6.07, 6.45) is 16.7. The molecule has 4 unspecified atom stereocenters. The van der Waals surface area contributed by atoms with Gasteiger partial charge in [-0.15, -0.1) is 5.53 Å². The number of nitrogens with one attached hydrogen (secondary N) is 1. The van der Waals surface area contributed by atoms with Gasteiger partial charge in [0.15, 0.2) is 0 Å². The van der Waals surface area contributed by atoms with E-state index in [1.165, 1.54) is 0 Å². The number of likely N-dealkylation sites (tertiary alicyclic amines) is 1. The number of hydrogen-bond donors (Lipinski definition) is 1. The zero-order valence-corrected chi connectivity index (χ0v) is 22.7. The number of allylic oxidation sites excluding steroid dienone is 5. The van der Waals surface area contributed by atoms with Crippen LogP contribution in [0.1, 0.15) is 60.3 Å². The second-order valence-corrected chi connectivity index (χ2v) is 10.6. The number of carbonyl (C=O) groups is 2. The lowest BCUT2D eigenvalue weighted by Crippen LogP contribution is -2.56. The summed E-state index contributed by atoms with van der Waals surface area (Å²) in [6, 6.07) is -0.145. The van der Waals surface area contributed by atoms with Gasteiger partial charge in [0, 0.05) is 32.9 Å². The van der Waals surface area contributed by atoms with Crippen LogP contribution in [0.4, 0.5) is 0 Å². The summed E-state index contributed by atoms with van der Waals surface area (Å²) >= 11 is 0. The standard InChI is InChI=1S/C28H45N5O2/c1-8-10-11-12-23(9-2)25-18-33(29-31(25)7)27(22(5)24-15-16-24)28(35)30(6)19-26(34)32-17-20(3)13-14-21(32)4/h8-12,18,20-22,24,27,29H,13-17,19H2,1-7H3/b10-8-,12-11-,23-9+. The van der Waals surface area contributed by atoms with E-state index in [0.717, 1.165) is 43.5 Å². The summed E-state index contributed by atoms with van der Waals surface area (Å²) in [5.41, 5.74) is 5.45. The Morgan fingerprint density at radius 3 is 2.51 bits per heavy atom. The highest BCUT2D eigenvalue weighted by atomic mass is 16.2. The van der Waals surface area contributed by atoms with E-state index >= 15 is 0 Å². The van der Waals surface area contributed by atoms with E-state index in [1.54, 1.807) is 11.9 Å². The van der Waals surface area contributed by atoms with Crippen molar-refractivity contribution in [3.8, 4) is 0 Å². The fourth-order valence-corrected chi connectivity index (χ4v) is 5.20. The van der Waals surface area contributed by atoms with Crippen molar-refractivity contribution < 1.29 is 9.59 Å². The van der Waals surface area contributed by atoms with Crippen molar-refractivity contribution in [3.63, 3.8) is 0 Å². The minimum atomic E-state index is -0.379. The average molecular weight is 484 g/mol. The van der Waals surface area contributed by atoms with Crippen LogP contribution in [-0.4, -0.2) is 70.9 Å². The molecule has 2 amide bonds. The van der Waals surface area contributed by atoms with Crippen LogP contribution in [0.15, 0.2) is 47.9 Å². The number of amides is 2. The van der Waals surface area contributed by atoms with Gasteiger partial charge in [0.1, 0.15) is 6.04 Å². The van der Waals surface area contributed by atoms with Crippen LogP contribution in [-0.2, 0) is 9.59 Å². The molecule has 2 heterocycles. The fraction of sp³-hybridized carbons (Fsp3) is 0.643. The third-order valence-electron chi connectivity index (χ3n) is 7.68. The third kappa shape index (κ3) is 6.57. The number of nitrogens with zero attached hydrogens (tertiary/aromatic N) is 4. The van der Waals surface area contributed by atoms with E-state index in [-0.39, 0.29) is 36.4 Å². The van der Waals surface area contributed by atoms with Gasteiger partial charge in [-0.05, 0) is 69.8 Å². The molecule has 7 nitrogen and oxygen atoms in total. The van der Waals surface area contributed by atoms with Crippen LogP contribution in [0.2, 0.25) is 0 Å². The molecule has 194 valence electrons. The molecule has 2 fully saturated rings. The maximum absolute atomic E-state index is 13.8. The molecule has 3 rings (SSSR count). The van der Waals surface area contributed by atoms with Crippen molar-refractivity contribution >= 4 is 11.8 Å². The molecule has 35 heavy (non-hydrogen) atoms. The molecule has 1 N–H and O–H groups in total. The summed E-state index contributed by atoms with van der Waals surface area (Å²) in [5, 5.41) is 3.90. The lowest BCUT2D eigenvalue weighted by atomic mass is 9.94. The summed E-state index contributed by atoms with van der Waals surface area (Å²) in [6.45, 7) is 11.4. The van der Waals surface area contributed by atoms with Gasteiger partial charge >= 0.3 is 0 Å². The predicted octanol–water partition coefficient (Wildman–Crippen LogP) is 4.09. The normalized spacial score (nSPS) is 25.4. The van der Waals surface area contributed by atoms with Crippen molar-refractivity contribution in [3.05, 3.63) is 47.9 Å². The topological polar surface area (TPSA) is 59.1 Å². The van der Waals surface area contributed by atoms with Gasteiger partial charge in [0.05, 0.1) is 12.2 Å². The number of likely N-dealkylation sites (N-methyl/N-ethyl adjacent to an activating group) is 2. The summed E-state index contributed by atoms with van der Waals surface area (Å²) in [4.78, 5) is 30.6. The smallest absolute Gasteiger partial charge is 0.247 e. The van der Waals surface area contributed by atoms with E-state index in [2.05, 4.69) is 38.5 Å². The van der Waals surface area contributed by atoms with E-state index in [9.17, 15) is 9.59 Å². The number of carbonyl (C=O) groups excluding carboxylic acids is 2. The molecule has 3 aliphatic rings. The minimum Gasteiger partial charge on any atom is -0.338 e. The van der Waals surface area contributed by atoms with Crippen LogP contribution >= 0.6 is 0 Å². The molecule has 1 aliphatic carbocycles. The molecule has 4 atom stereocenters. The quantitative estimate of drug-likeness (QED) is 0.501. The van der Waals surface area contributed by atoms with Gasteiger partial charge in [-0.25, -0.2) is 0 Å². The summed E-state index contributed by atoms with van der Waals surface area (Å²) in [7, 11) is 3.74. The fourth-order valence-electron chi connectivity index (χ4n) is 5.20. The SMILES string of the molecule is C\C=C/C=C\C(=C/C)C1=CN(C(C(=O)N(C)CC(=O)N2CC(C)CCC2C)C(C)C2CC2)NN1C. The summed E-state index contributed by atoms with van der Waals surface area (Å²) < 4.78 is 0. The second-order valence-electron chi connectivity index (χ2n) is 10.6. The number of rotatable bonds is 9. The van der Waals surface area contributed by atoms with Crippen LogP contribution in [0.5, 0.6) is 0 Å². The van der Waals surface area contributed by atoms with E-state index in [4.69, 9.17) is 0 Å². The van der Waals surface area contributed by atoms with Crippen molar-refractivity contribution in [2.24, 2.45) is 17.8 Å². The second kappa shape index (κ2) is 11.9. The first-order valence-corrected chi connectivity index (χ1v) is 13.2. The van der Waals surface area contributed by atoms with Crippen molar-refractivity contribution in [2.75, 3.05) is 27.2 Å². The van der Waals surface area contributed by atoms with Crippen LogP contribution in [0.3, 0.4) is 0 Å². The zero-order chi connectivity index (χ0) is 25.7. The highest BCUT2D eigenvalue weighted by Crippen LogP contribution is 2.40. The van der Waals surface area contributed by atoms with Crippen LogP contribution in [0.25, 0.3) is 0 Å². The summed E-state index contributed by atoms with van der Waals surface area (Å²) in [5.74, 6) is 1.26. The Kier molecular flexibility index (Phi) is 9.22. The molecule has 0 aromatic rings. The molecule has 0 aromatic heterocycles. The average Bonchev–Trinajstić information content (AvgIpc) is 3.61. The molecule has 0 aromatic carbocycles. The Balaban J connectivity index is 1.78. The molecule has 0 radical (unpaired) electrons. The molecular formula is C28H45N5O2. The van der Waals surface area contributed by atoms with Gasteiger partial charge in [0.25, 0.3) is 0 Å². The molecule has 0 bridgehead atoms. The van der Waals surface area contributed by atoms with E-state index in [0.29, 0.717) is 11.8 Å². The zero-order valence-electron chi connectivity index (χ0n) is 22.7.